The summed E-state index contributed by atoms with van der Waals surface area (Å²) in [5.41, 5.74) is 3.26. The van der Waals surface area contributed by atoms with Gasteiger partial charge in [-0.05, 0) is 17.7 Å². The van der Waals surface area contributed by atoms with Crippen LogP contribution in [0.5, 0.6) is 0 Å². The number of aromatic nitrogens is 3. The standard InChI is InChI=1S/C12H14BrN5O2/c13-10-3-1-2-9(6-10)8-20-5-4-18-7-11(16-17-18)12(19)15-14/h1-3,6-7H,4-5,8,14H2,(H,15,19). The minimum Gasteiger partial charge on any atom is -0.375 e. The van der Waals surface area contributed by atoms with Gasteiger partial charge in [0.1, 0.15) is 0 Å². The molecule has 0 aliphatic rings. The van der Waals surface area contributed by atoms with Gasteiger partial charge in [0.25, 0.3) is 5.91 Å². The topological polar surface area (TPSA) is 95.1 Å². The van der Waals surface area contributed by atoms with Gasteiger partial charge in [-0.1, -0.05) is 33.3 Å². The molecule has 0 bridgehead atoms. The Labute approximate surface area is 124 Å². The lowest BCUT2D eigenvalue weighted by Gasteiger charge is -2.04. The Hall–Kier alpha value is -1.77. The maximum atomic E-state index is 11.2. The van der Waals surface area contributed by atoms with Crippen molar-refractivity contribution < 1.29 is 9.53 Å². The normalized spacial score (nSPS) is 10.5. The van der Waals surface area contributed by atoms with Crippen molar-refractivity contribution in [2.75, 3.05) is 6.61 Å². The number of nitrogens with two attached hydrogens (primary N) is 1. The summed E-state index contributed by atoms with van der Waals surface area (Å²) >= 11 is 3.40. The molecule has 2 rings (SSSR count). The fourth-order valence-electron chi connectivity index (χ4n) is 1.56. The highest BCUT2D eigenvalue weighted by Gasteiger charge is 2.08. The summed E-state index contributed by atoms with van der Waals surface area (Å²) in [6.45, 7) is 1.50. The van der Waals surface area contributed by atoms with Crippen LogP contribution in [-0.4, -0.2) is 27.5 Å². The zero-order valence-corrected chi connectivity index (χ0v) is 12.2. The molecule has 0 saturated carbocycles. The van der Waals surface area contributed by atoms with E-state index >= 15 is 0 Å². The number of hydrogen-bond donors (Lipinski definition) is 2. The van der Waals surface area contributed by atoms with Crippen LogP contribution < -0.4 is 11.3 Å². The summed E-state index contributed by atoms with van der Waals surface area (Å²) in [6.07, 6.45) is 1.52. The van der Waals surface area contributed by atoms with E-state index in [0.29, 0.717) is 19.8 Å². The van der Waals surface area contributed by atoms with Gasteiger partial charge in [-0.25, -0.2) is 10.5 Å². The Balaban J connectivity index is 1.76. The van der Waals surface area contributed by atoms with Gasteiger partial charge in [-0.3, -0.25) is 10.2 Å². The van der Waals surface area contributed by atoms with Gasteiger partial charge in [-0.15, -0.1) is 5.10 Å². The number of nitrogens with zero attached hydrogens (tertiary/aromatic N) is 3. The lowest BCUT2D eigenvalue weighted by molar-refractivity contribution is 0.0948. The van der Waals surface area contributed by atoms with Crippen molar-refractivity contribution in [3.63, 3.8) is 0 Å². The molecule has 2 aromatic rings. The van der Waals surface area contributed by atoms with Crippen molar-refractivity contribution in [2.24, 2.45) is 5.84 Å². The van der Waals surface area contributed by atoms with E-state index in [2.05, 4.69) is 26.2 Å². The quantitative estimate of drug-likeness (QED) is 0.352. The van der Waals surface area contributed by atoms with Crippen LogP contribution >= 0.6 is 15.9 Å². The fourth-order valence-corrected chi connectivity index (χ4v) is 2.01. The molecule has 0 radical (unpaired) electrons. The minimum absolute atomic E-state index is 0.180. The first kappa shape index (κ1) is 14.6. The number of halogens is 1. The van der Waals surface area contributed by atoms with Gasteiger partial charge in [0, 0.05) is 4.47 Å². The zero-order chi connectivity index (χ0) is 14.4. The maximum absolute atomic E-state index is 11.2. The van der Waals surface area contributed by atoms with Gasteiger partial charge in [0.05, 0.1) is 26.0 Å². The minimum atomic E-state index is -0.466. The summed E-state index contributed by atoms with van der Waals surface area (Å²) in [4.78, 5) is 11.2. The van der Waals surface area contributed by atoms with Crippen molar-refractivity contribution in [1.29, 1.82) is 0 Å². The smallest absolute Gasteiger partial charge is 0.287 e. The van der Waals surface area contributed by atoms with Crippen LogP contribution in [0, 0.1) is 0 Å². The predicted molar refractivity (Wildman–Crippen MR) is 75.5 cm³/mol. The molecule has 20 heavy (non-hydrogen) atoms. The van der Waals surface area contributed by atoms with Gasteiger partial charge in [0.15, 0.2) is 5.69 Å². The molecule has 0 atom stereocenters. The number of hydrogen-bond acceptors (Lipinski definition) is 5. The first-order valence-corrected chi connectivity index (χ1v) is 6.71. The van der Waals surface area contributed by atoms with Crippen LogP contribution in [-0.2, 0) is 17.9 Å². The molecule has 0 spiro atoms. The molecule has 1 heterocycles. The second-order valence-corrected chi connectivity index (χ2v) is 4.94. The van der Waals surface area contributed by atoms with E-state index in [1.54, 1.807) is 0 Å². The van der Waals surface area contributed by atoms with Gasteiger partial charge < -0.3 is 4.74 Å². The van der Waals surface area contributed by atoms with E-state index in [9.17, 15) is 4.79 Å². The lowest BCUT2D eigenvalue weighted by atomic mass is 10.2. The number of amides is 1. The second kappa shape index (κ2) is 7.13. The molecule has 0 saturated heterocycles. The molecule has 0 aliphatic carbocycles. The zero-order valence-electron chi connectivity index (χ0n) is 10.6. The highest BCUT2D eigenvalue weighted by atomic mass is 79.9. The van der Waals surface area contributed by atoms with E-state index in [4.69, 9.17) is 10.6 Å². The average molecular weight is 340 g/mol. The Morgan fingerprint density at radius 1 is 1.50 bits per heavy atom. The monoisotopic (exact) mass is 339 g/mol. The van der Waals surface area contributed by atoms with E-state index < -0.39 is 5.91 Å². The molecule has 0 aliphatic heterocycles. The number of carbonyl (C=O) groups excluding carboxylic acids is 1. The maximum Gasteiger partial charge on any atom is 0.287 e. The Kier molecular flexibility index (Phi) is 5.22. The van der Waals surface area contributed by atoms with Crippen LogP contribution in [0.25, 0.3) is 0 Å². The molecule has 1 amide bonds. The van der Waals surface area contributed by atoms with Crippen LogP contribution in [0.4, 0.5) is 0 Å². The lowest BCUT2D eigenvalue weighted by Crippen LogP contribution is -2.30. The van der Waals surface area contributed by atoms with E-state index in [-0.39, 0.29) is 5.69 Å². The highest BCUT2D eigenvalue weighted by molar-refractivity contribution is 9.10. The molecule has 3 N–H and O–H groups in total. The molecule has 1 aromatic heterocycles. The second-order valence-electron chi connectivity index (χ2n) is 4.02. The van der Waals surface area contributed by atoms with Crippen molar-refractivity contribution in [1.82, 2.24) is 20.4 Å². The summed E-state index contributed by atoms with van der Waals surface area (Å²) in [5.74, 6) is 4.54. The predicted octanol–water partition coefficient (Wildman–Crippen LogP) is 0.861. The van der Waals surface area contributed by atoms with E-state index in [1.807, 2.05) is 29.7 Å². The average Bonchev–Trinajstić information content (AvgIpc) is 2.92. The molecule has 8 heteroatoms. The van der Waals surface area contributed by atoms with Crippen molar-refractivity contribution >= 4 is 21.8 Å². The first-order chi connectivity index (χ1) is 9.69. The molecular weight excluding hydrogens is 326 g/mol. The van der Waals surface area contributed by atoms with Crippen LogP contribution in [0.2, 0.25) is 0 Å². The SMILES string of the molecule is NNC(=O)c1cn(CCOCc2cccc(Br)c2)nn1. The molecule has 106 valence electrons. The number of nitrogens with one attached hydrogen (secondary N) is 1. The molecule has 1 aromatic carbocycles. The van der Waals surface area contributed by atoms with Crippen molar-refractivity contribution in [2.45, 2.75) is 13.2 Å². The van der Waals surface area contributed by atoms with E-state index in [0.717, 1.165) is 10.0 Å². The van der Waals surface area contributed by atoms with Crippen molar-refractivity contribution in [3.05, 3.63) is 46.2 Å². The van der Waals surface area contributed by atoms with Crippen molar-refractivity contribution in [3.8, 4) is 0 Å². The van der Waals surface area contributed by atoms with Crippen LogP contribution in [0.1, 0.15) is 16.1 Å². The molecule has 0 fully saturated rings. The number of rotatable bonds is 6. The van der Waals surface area contributed by atoms with Gasteiger partial charge in [0.2, 0.25) is 0 Å². The number of hydrazine groups is 1. The van der Waals surface area contributed by atoms with Gasteiger partial charge >= 0.3 is 0 Å². The fraction of sp³-hybridized carbons (Fsp3) is 0.250. The third-order valence-corrected chi connectivity index (χ3v) is 3.02. The van der Waals surface area contributed by atoms with Crippen LogP contribution in [0.15, 0.2) is 34.9 Å². The Bertz CT molecular complexity index is 587. The number of benzene rings is 1. The summed E-state index contributed by atoms with van der Waals surface area (Å²) < 4.78 is 8.09. The molecule has 7 nitrogen and oxygen atoms in total. The molecular formula is C12H14BrN5O2. The Morgan fingerprint density at radius 3 is 3.10 bits per heavy atom. The first-order valence-electron chi connectivity index (χ1n) is 5.92. The highest BCUT2D eigenvalue weighted by Crippen LogP contribution is 2.12. The summed E-state index contributed by atoms with van der Waals surface area (Å²) in [6, 6.07) is 7.91. The number of ether oxygens (including phenoxy) is 1. The van der Waals surface area contributed by atoms with E-state index in [1.165, 1.54) is 10.9 Å². The third-order valence-electron chi connectivity index (χ3n) is 2.52. The largest absolute Gasteiger partial charge is 0.375 e. The molecule has 0 unspecified atom stereocenters. The third kappa shape index (κ3) is 4.12. The number of nitrogen functional groups attached to an aromatic ring is 1. The Morgan fingerprint density at radius 2 is 2.35 bits per heavy atom. The van der Waals surface area contributed by atoms with Crippen LogP contribution in [0.3, 0.4) is 0 Å². The summed E-state index contributed by atoms with van der Waals surface area (Å²) in [7, 11) is 0. The van der Waals surface area contributed by atoms with Gasteiger partial charge in [-0.2, -0.15) is 0 Å². The summed E-state index contributed by atoms with van der Waals surface area (Å²) in [5, 5.41) is 7.50. The number of carbonyl (C=O) groups is 1.